The van der Waals surface area contributed by atoms with Gasteiger partial charge in [0.2, 0.25) is 8.13 Å². The summed E-state index contributed by atoms with van der Waals surface area (Å²) in [5, 5.41) is 7.45. The molecule has 14 heavy (non-hydrogen) atoms. The molecule has 0 aliphatic rings. The molecule has 1 heterocycles. The number of hydrogen-bond donors (Lipinski definition) is 0. The maximum absolute atomic E-state index is 5.91. The van der Waals surface area contributed by atoms with Gasteiger partial charge in [-0.3, -0.25) is 0 Å². The van der Waals surface area contributed by atoms with Crippen LogP contribution in [0.4, 0.5) is 0 Å². The summed E-state index contributed by atoms with van der Waals surface area (Å²) in [5.41, 5.74) is 0.226. The minimum Gasteiger partial charge on any atom is -0.242 e. The van der Waals surface area contributed by atoms with E-state index in [0.717, 1.165) is 0 Å². The molecule has 0 amide bonds. The van der Waals surface area contributed by atoms with Gasteiger partial charge in [0.1, 0.15) is 9.39 Å². The monoisotopic (exact) mass is 407 g/mol. The van der Waals surface area contributed by atoms with Crippen LogP contribution in [-0.4, -0.2) is 18.8 Å². The summed E-state index contributed by atoms with van der Waals surface area (Å²) in [6.45, 7) is 0. The molecule has 9 heteroatoms. The summed E-state index contributed by atoms with van der Waals surface area (Å²) in [6, 6.07) is 0. The number of hydrogen-bond acceptors (Lipinski definition) is 2. The minimum absolute atomic E-state index is 0.226. The lowest BCUT2D eigenvalue weighted by Crippen LogP contribution is -2.29. The Morgan fingerprint density at radius 1 is 1.21 bits per heavy atom. The van der Waals surface area contributed by atoms with Crippen molar-refractivity contribution < 1.29 is 0 Å². The molecular formula is C5H3Cl5IN3. The third kappa shape index (κ3) is 2.35. The van der Waals surface area contributed by atoms with Gasteiger partial charge in [0.25, 0.3) is 0 Å². The SMILES string of the molecule is Cn1nnc(C(Cl)(Cl)C(Cl)(Cl)Cl)c1I. The normalized spacial score (nSPS) is 13.4. The molecule has 0 fully saturated rings. The lowest BCUT2D eigenvalue weighted by Gasteiger charge is -2.25. The first kappa shape index (κ1) is 13.4. The summed E-state index contributed by atoms with van der Waals surface area (Å²) >= 11 is 30.7. The van der Waals surface area contributed by atoms with E-state index in [1.165, 1.54) is 4.68 Å². The molecule has 1 rings (SSSR count). The van der Waals surface area contributed by atoms with Crippen molar-refractivity contribution in [2.45, 2.75) is 8.13 Å². The molecule has 0 aromatic carbocycles. The van der Waals surface area contributed by atoms with Gasteiger partial charge in [-0.05, 0) is 22.6 Å². The van der Waals surface area contributed by atoms with Crippen molar-refractivity contribution in [1.82, 2.24) is 15.0 Å². The maximum atomic E-state index is 5.91. The quantitative estimate of drug-likeness (QED) is 0.526. The number of halogens is 6. The van der Waals surface area contributed by atoms with Crippen LogP contribution in [0.15, 0.2) is 0 Å². The average Bonchev–Trinajstić information content (AvgIpc) is 2.30. The van der Waals surface area contributed by atoms with E-state index >= 15 is 0 Å². The lowest BCUT2D eigenvalue weighted by atomic mass is 10.3. The fourth-order valence-corrected chi connectivity index (χ4v) is 2.12. The van der Waals surface area contributed by atoms with Crippen LogP contribution >= 0.6 is 80.6 Å². The Morgan fingerprint density at radius 2 is 1.71 bits per heavy atom. The van der Waals surface area contributed by atoms with Crippen LogP contribution in [0, 0.1) is 3.70 Å². The molecule has 0 bridgehead atoms. The Labute approximate surface area is 119 Å². The van der Waals surface area contributed by atoms with Crippen molar-refractivity contribution in [3.05, 3.63) is 9.39 Å². The largest absolute Gasteiger partial charge is 0.242 e. The molecule has 1 aromatic rings. The Morgan fingerprint density at radius 3 is 2.00 bits per heavy atom. The predicted molar refractivity (Wildman–Crippen MR) is 67.4 cm³/mol. The highest BCUT2D eigenvalue weighted by molar-refractivity contribution is 14.1. The van der Waals surface area contributed by atoms with Crippen molar-refractivity contribution in [3.63, 3.8) is 0 Å². The van der Waals surface area contributed by atoms with Crippen molar-refractivity contribution in [2.24, 2.45) is 7.05 Å². The Bertz CT molecular complexity index is 344. The summed E-state index contributed by atoms with van der Waals surface area (Å²) in [6.07, 6.45) is 0. The van der Waals surface area contributed by atoms with Crippen molar-refractivity contribution in [3.8, 4) is 0 Å². The summed E-state index contributed by atoms with van der Waals surface area (Å²) < 4.78 is -1.50. The molecule has 0 saturated carbocycles. The van der Waals surface area contributed by atoms with Crippen LogP contribution in [0.3, 0.4) is 0 Å². The van der Waals surface area contributed by atoms with E-state index in [1.54, 1.807) is 7.05 Å². The van der Waals surface area contributed by atoms with Gasteiger partial charge in [-0.1, -0.05) is 63.2 Å². The van der Waals surface area contributed by atoms with Crippen LogP contribution in [0.1, 0.15) is 5.69 Å². The third-order valence-corrected chi connectivity index (χ3v) is 4.98. The molecule has 0 N–H and O–H groups in total. The first-order valence-corrected chi connectivity index (χ1v) is 6.15. The maximum Gasteiger partial charge on any atom is 0.228 e. The minimum atomic E-state index is -1.87. The number of alkyl halides is 5. The van der Waals surface area contributed by atoms with Gasteiger partial charge >= 0.3 is 0 Å². The fourth-order valence-electron chi connectivity index (χ4n) is 0.672. The van der Waals surface area contributed by atoms with Gasteiger partial charge in [-0.2, -0.15) is 0 Å². The van der Waals surface area contributed by atoms with Crippen molar-refractivity contribution in [2.75, 3.05) is 0 Å². The number of rotatable bonds is 1. The van der Waals surface area contributed by atoms with E-state index in [1.807, 2.05) is 22.6 Å². The molecule has 0 spiro atoms. The van der Waals surface area contributed by atoms with E-state index in [0.29, 0.717) is 3.70 Å². The first-order chi connectivity index (χ1) is 6.18. The zero-order valence-corrected chi connectivity index (χ0v) is 12.5. The molecule has 0 atom stereocenters. The van der Waals surface area contributed by atoms with Crippen LogP contribution in [0.2, 0.25) is 0 Å². The molecule has 80 valence electrons. The van der Waals surface area contributed by atoms with Crippen LogP contribution < -0.4 is 0 Å². The number of aromatic nitrogens is 3. The number of nitrogens with zero attached hydrogens (tertiary/aromatic N) is 3. The lowest BCUT2D eigenvalue weighted by molar-refractivity contribution is 0.699. The molecule has 0 aliphatic carbocycles. The van der Waals surface area contributed by atoms with Crippen LogP contribution in [0.5, 0.6) is 0 Å². The Balaban J connectivity index is 3.23. The predicted octanol–water partition coefficient (Wildman–Crippen LogP) is 3.42. The Kier molecular flexibility index (Phi) is 4.11. The highest BCUT2D eigenvalue weighted by Gasteiger charge is 2.50. The summed E-state index contributed by atoms with van der Waals surface area (Å²) in [5.74, 6) is 0. The van der Waals surface area contributed by atoms with Crippen LogP contribution in [-0.2, 0) is 11.4 Å². The number of aryl methyl sites for hydroxylation is 1. The van der Waals surface area contributed by atoms with Gasteiger partial charge in [-0.15, -0.1) is 5.10 Å². The van der Waals surface area contributed by atoms with Crippen LogP contribution in [0.25, 0.3) is 0 Å². The van der Waals surface area contributed by atoms with E-state index in [2.05, 4.69) is 10.3 Å². The molecule has 0 radical (unpaired) electrons. The second-order valence-electron chi connectivity index (χ2n) is 2.42. The summed E-state index contributed by atoms with van der Waals surface area (Å²) in [7, 11) is 1.68. The molecule has 0 aliphatic heterocycles. The van der Waals surface area contributed by atoms with Gasteiger partial charge < -0.3 is 0 Å². The summed E-state index contributed by atoms with van der Waals surface area (Å²) in [4.78, 5) is 0. The van der Waals surface area contributed by atoms with Gasteiger partial charge in [0, 0.05) is 7.05 Å². The smallest absolute Gasteiger partial charge is 0.228 e. The van der Waals surface area contributed by atoms with E-state index in [9.17, 15) is 0 Å². The molecule has 0 unspecified atom stereocenters. The van der Waals surface area contributed by atoms with E-state index < -0.39 is 8.13 Å². The highest BCUT2D eigenvalue weighted by Crippen LogP contribution is 2.52. The van der Waals surface area contributed by atoms with Gasteiger partial charge in [-0.25, -0.2) is 4.68 Å². The zero-order valence-electron chi connectivity index (χ0n) is 6.61. The fraction of sp³-hybridized carbons (Fsp3) is 0.600. The standard InChI is InChI=1S/C5H3Cl5IN3/c1-14-3(11)2(12-13-14)4(6,7)5(8,9)10/h1H3. The third-order valence-electron chi connectivity index (χ3n) is 1.41. The molecule has 1 aromatic heterocycles. The molecule has 0 saturated heterocycles. The van der Waals surface area contributed by atoms with Crippen molar-refractivity contribution >= 4 is 80.6 Å². The second kappa shape index (κ2) is 4.30. The second-order valence-corrected chi connectivity index (χ2v) is 7.06. The first-order valence-electron chi connectivity index (χ1n) is 3.18. The highest BCUT2D eigenvalue weighted by atomic mass is 127. The van der Waals surface area contributed by atoms with E-state index in [4.69, 9.17) is 58.0 Å². The Hall–Kier alpha value is 1.32. The van der Waals surface area contributed by atoms with Gasteiger partial charge in [0.05, 0.1) is 0 Å². The molecule has 3 nitrogen and oxygen atoms in total. The topological polar surface area (TPSA) is 30.7 Å². The zero-order chi connectivity index (χ0) is 11.1. The van der Waals surface area contributed by atoms with Crippen molar-refractivity contribution in [1.29, 1.82) is 0 Å². The molecular weight excluding hydrogens is 406 g/mol. The van der Waals surface area contributed by atoms with Gasteiger partial charge in [0.15, 0.2) is 0 Å². The van der Waals surface area contributed by atoms with E-state index in [-0.39, 0.29) is 5.69 Å². The average molecular weight is 409 g/mol.